The molecule has 0 amide bonds. The molecule has 19 heavy (non-hydrogen) atoms. The zero-order valence-corrected chi connectivity index (χ0v) is 11.2. The third kappa shape index (κ3) is 4.04. The summed E-state index contributed by atoms with van der Waals surface area (Å²) < 4.78 is 10.9. The molecule has 0 saturated carbocycles. The van der Waals surface area contributed by atoms with Crippen LogP contribution in [0, 0.1) is 5.92 Å². The van der Waals surface area contributed by atoms with E-state index in [1.807, 2.05) is 24.3 Å². The number of ether oxygens (including phenoxy) is 2. The van der Waals surface area contributed by atoms with Crippen molar-refractivity contribution in [3.8, 4) is 0 Å². The smallest absolute Gasteiger partial charge is 0.310 e. The first-order chi connectivity index (χ1) is 9.16. The molecule has 0 bridgehead atoms. The van der Waals surface area contributed by atoms with Crippen molar-refractivity contribution < 1.29 is 19.4 Å². The fourth-order valence-electron chi connectivity index (χ4n) is 2.10. The van der Waals surface area contributed by atoms with Crippen molar-refractivity contribution in [2.75, 3.05) is 19.8 Å². The van der Waals surface area contributed by atoms with Crippen LogP contribution in [0.25, 0.3) is 0 Å². The molecule has 4 heteroatoms. The summed E-state index contributed by atoms with van der Waals surface area (Å²) >= 11 is 0. The van der Waals surface area contributed by atoms with Gasteiger partial charge in [0, 0.05) is 12.5 Å². The normalized spacial score (nSPS) is 20.4. The summed E-state index contributed by atoms with van der Waals surface area (Å²) in [6.45, 7) is 4.63. The van der Waals surface area contributed by atoms with E-state index in [4.69, 9.17) is 14.6 Å². The molecular formula is C15H20O4. The van der Waals surface area contributed by atoms with Crippen LogP contribution in [0.2, 0.25) is 0 Å². The Balaban J connectivity index is 1.79. The summed E-state index contributed by atoms with van der Waals surface area (Å²) in [4.78, 5) is 10.9. The van der Waals surface area contributed by atoms with Crippen LogP contribution in [0.4, 0.5) is 0 Å². The molecule has 1 aliphatic rings. The average Bonchev–Trinajstić information content (AvgIpc) is 2.92. The quantitative estimate of drug-likeness (QED) is 0.857. The third-order valence-electron chi connectivity index (χ3n) is 3.50. The van der Waals surface area contributed by atoms with E-state index < -0.39 is 11.9 Å². The van der Waals surface area contributed by atoms with Gasteiger partial charge < -0.3 is 14.6 Å². The first-order valence-corrected chi connectivity index (χ1v) is 6.64. The summed E-state index contributed by atoms with van der Waals surface area (Å²) in [5, 5.41) is 8.93. The SMILES string of the molecule is CC(C(=O)O)c1ccc(COCC2CCOC2)cc1. The average molecular weight is 264 g/mol. The van der Waals surface area contributed by atoms with Gasteiger partial charge in [0.1, 0.15) is 0 Å². The van der Waals surface area contributed by atoms with Crippen molar-refractivity contribution in [2.24, 2.45) is 5.92 Å². The number of benzene rings is 1. The summed E-state index contributed by atoms with van der Waals surface area (Å²) in [5.41, 5.74) is 1.89. The van der Waals surface area contributed by atoms with Gasteiger partial charge in [-0.15, -0.1) is 0 Å². The topological polar surface area (TPSA) is 55.8 Å². The molecule has 1 aliphatic heterocycles. The Morgan fingerprint density at radius 1 is 1.47 bits per heavy atom. The highest BCUT2D eigenvalue weighted by Crippen LogP contribution is 2.17. The van der Waals surface area contributed by atoms with Gasteiger partial charge in [-0.1, -0.05) is 24.3 Å². The van der Waals surface area contributed by atoms with Crippen LogP contribution < -0.4 is 0 Å². The molecule has 104 valence electrons. The number of rotatable bonds is 6. The van der Waals surface area contributed by atoms with E-state index in [1.165, 1.54) is 0 Å². The molecule has 0 aliphatic carbocycles. The van der Waals surface area contributed by atoms with Gasteiger partial charge >= 0.3 is 5.97 Å². The van der Waals surface area contributed by atoms with Crippen molar-refractivity contribution in [3.63, 3.8) is 0 Å². The minimum Gasteiger partial charge on any atom is -0.481 e. The minimum atomic E-state index is -0.801. The second-order valence-electron chi connectivity index (χ2n) is 5.05. The van der Waals surface area contributed by atoms with Gasteiger partial charge in [-0.2, -0.15) is 0 Å². The Morgan fingerprint density at radius 2 is 2.21 bits per heavy atom. The molecule has 1 saturated heterocycles. The van der Waals surface area contributed by atoms with Crippen LogP contribution in [0.5, 0.6) is 0 Å². The van der Waals surface area contributed by atoms with Crippen LogP contribution in [0.3, 0.4) is 0 Å². The van der Waals surface area contributed by atoms with Crippen LogP contribution in [-0.2, 0) is 20.9 Å². The van der Waals surface area contributed by atoms with Gasteiger partial charge in [0.05, 0.1) is 25.7 Å². The molecule has 1 N–H and O–H groups in total. The van der Waals surface area contributed by atoms with Gasteiger partial charge in [-0.25, -0.2) is 0 Å². The number of carbonyl (C=O) groups is 1. The maximum absolute atomic E-state index is 10.9. The van der Waals surface area contributed by atoms with Crippen LogP contribution in [-0.4, -0.2) is 30.9 Å². The summed E-state index contributed by atoms with van der Waals surface area (Å²) in [6.07, 6.45) is 1.08. The van der Waals surface area contributed by atoms with Crippen molar-refractivity contribution in [3.05, 3.63) is 35.4 Å². The molecule has 2 rings (SSSR count). The van der Waals surface area contributed by atoms with Crippen LogP contribution >= 0.6 is 0 Å². The fourth-order valence-corrected chi connectivity index (χ4v) is 2.10. The highest BCUT2D eigenvalue weighted by atomic mass is 16.5. The second-order valence-corrected chi connectivity index (χ2v) is 5.05. The Bertz CT molecular complexity index is 407. The number of carboxylic acid groups (broad SMARTS) is 1. The Hall–Kier alpha value is -1.39. The number of aliphatic carboxylic acids is 1. The van der Waals surface area contributed by atoms with Crippen molar-refractivity contribution in [1.29, 1.82) is 0 Å². The zero-order valence-electron chi connectivity index (χ0n) is 11.2. The van der Waals surface area contributed by atoms with E-state index in [0.29, 0.717) is 12.5 Å². The number of carboxylic acids is 1. The Kier molecular flexibility index (Phi) is 4.93. The van der Waals surface area contributed by atoms with Gasteiger partial charge in [-0.3, -0.25) is 4.79 Å². The highest BCUT2D eigenvalue weighted by Gasteiger charge is 2.16. The predicted molar refractivity (Wildman–Crippen MR) is 71.1 cm³/mol. The summed E-state index contributed by atoms with van der Waals surface area (Å²) in [6, 6.07) is 7.58. The van der Waals surface area contributed by atoms with Gasteiger partial charge in [0.2, 0.25) is 0 Å². The van der Waals surface area contributed by atoms with E-state index in [2.05, 4.69) is 0 Å². The zero-order chi connectivity index (χ0) is 13.7. The predicted octanol–water partition coefficient (Wildman–Crippen LogP) is 2.43. The lowest BCUT2D eigenvalue weighted by Gasteiger charge is -2.10. The minimum absolute atomic E-state index is 0.467. The molecule has 2 unspecified atom stereocenters. The van der Waals surface area contributed by atoms with E-state index in [9.17, 15) is 4.79 Å². The summed E-state index contributed by atoms with van der Waals surface area (Å²) in [5.74, 6) is -0.748. The van der Waals surface area contributed by atoms with E-state index in [1.54, 1.807) is 6.92 Å². The largest absolute Gasteiger partial charge is 0.481 e. The van der Waals surface area contributed by atoms with Gasteiger partial charge in [-0.05, 0) is 24.5 Å². The second kappa shape index (κ2) is 6.68. The highest BCUT2D eigenvalue weighted by molar-refractivity contribution is 5.75. The van der Waals surface area contributed by atoms with Gasteiger partial charge in [0.25, 0.3) is 0 Å². The van der Waals surface area contributed by atoms with Crippen molar-refractivity contribution in [2.45, 2.75) is 25.9 Å². The molecular weight excluding hydrogens is 244 g/mol. The summed E-state index contributed by atoms with van der Waals surface area (Å²) in [7, 11) is 0. The Labute approximate surface area is 113 Å². The molecule has 0 radical (unpaired) electrons. The molecule has 1 aromatic carbocycles. The molecule has 4 nitrogen and oxygen atoms in total. The van der Waals surface area contributed by atoms with E-state index in [0.717, 1.165) is 37.4 Å². The van der Waals surface area contributed by atoms with Crippen molar-refractivity contribution in [1.82, 2.24) is 0 Å². The lowest BCUT2D eigenvalue weighted by atomic mass is 10.0. The lowest BCUT2D eigenvalue weighted by molar-refractivity contribution is -0.138. The maximum Gasteiger partial charge on any atom is 0.310 e. The fraction of sp³-hybridized carbons (Fsp3) is 0.533. The van der Waals surface area contributed by atoms with Crippen molar-refractivity contribution >= 4 is 5.97 Å². The molecule has 1 fully saturated rings. The van der Waals surface area contributed by atoms with Crippen LogP contribution in [0.15, 0.2) is 24.3 Å². The van der Waals surface area contributed by atoms with Crippen LogP contribution in [0.1, 0.15) is 30.4 Å². The molecule has 0 aromatic heterocycles. The van der Waals surface area contributed by atoms with E-state index in [-0.39, 0.29) is 0 Å². The molecule has 1 heterocycles. The molecule has 0 spiro atoms. The van der Waals surface area contributed by atoms with E-state index >= 15 is 0 Å². The first kappa shape index (κ1) is 14.0. The third-order valence-corrected chi connectivity index (χ3v) is 3.50. The Morgan fingerprint density at radius 3 is 2.79 bits per heavy atom. The first-order valence-electron chi connectivity index (χ1n) is 6.64. The number of hydrogen-bond donors (Lipinski definition) is 1. The monoisotopic (exact) mass is 264 g/mol. The standard InChI is InChI=1S/C15H20O4/c1-11(15(16)17)14-4-2-12(3-5-14)8-19-10-13-6-7-18-9-13/h2-5,11,13H,6-10H2,1H3,(H,16,17). The molecule has 1 aromatic rings. The maximum atomic E-state index is 10.9. The van der Waals surface area contributed by atoms with Gasteiger partial charge in [0.15, 0.2) is 0 Å². The lowest BCUT2D eigenvalue weighted by Crippen LogP contribution is -2.09. The number of hydrogen-bond acceptors (Lipinski definition) is 3. The molecule has 2 atom stereocenters.